The molecule has 0 aliphatic heterocycles. The molecule has 4 rings (SSSR count). The van der Waals surface area contributed by atoms with Crippen LogP contribution in [0.1, 0.15) is 16.7 Å². The number of aryl methyl sites for hydroxylation is 1. The molecule has 0 radical (unpaired) electrons. The summed E-state index contributed by atoms with van der Waals surface area (Å²) in [6.07, 6.45) is 4.43. The number of carbonyl (C=O) groups is 1. The van der Waals surface area contributed by atoms with Crippen LogP contribution in [0, 0.1) is 6.92 Å². The summed E-state index contributed by atoms with van der Waals surface area (Å²) in [6.45, 7) is 2.47. The smallest absolute Gasteiger partial charge is 0.323 e. The van der Waals surface area contributed by atoms with Crippen LogP contribution in [-0.2, 0) is 13.0 Å². The minimum atomic E-state index is -0.292. The Morgan fingerprint density at radius 3 is 2.62 bits per heavy atom. The molecule has 0 spiro atoms. The monoisotopic (exact) mass is 578 g/mol. The Balaban J connectivity index is 1.49. The van der Waals surface area contributed by atoms with E-state index >= 15 is 0 Å². The van der Waals surface area contributed by atoms with Gasteiger partial charge >= 0.3 is 6.03 Å². The van der Waals surface area contributed by atoms with E-state index in [1.165, 1.54) is 0 Å². The zero-order chi connectivity index (χ0) is 26.2. The number of nitrogens with one attached hydrogen (secondary N) is 4. The number of aromatic nitrogens is 2. The van der Waals surface area contributed by atoms with Gasteiger partial charge in [-0.2, -0.15) is 5.10 Å². The average Bonchev–Trinajstić information content (AvgIpc) is 3.26. The molecule has 7 nitrogen and oxygen atoms in total. The Hall–Kier alpha value is -3.75. The van der Waals surface area contributed by atoms with E-state index in [1.807, 2.05) is 86.8 Å². The fourth-order valence-electron chi connectivity index (χ4n) is 3.79. The van der Waals surface area contributed by atoms with Crippen molar-refractivity contribution in [1.29, 1.82) is 0 Å². The quantitative estimate of drug-likeness (QED) is 0.170. The second kappa shape index (κ2) is 12.5. The summed E-state index contributed by atoms with van der Waals surface area (Å²) in [4.78, 5) is 12.5. The first kappa shape index (κ1) is 26.3. The van der Waals surface area contributed by atoms with Crippen LogP contribution in [0.5, 0.6) is 0 Å². The van der Waals surface area contributed by atoms with Crippen LogP contribution in [0.25, 0.3) is 5.82 Å². The third-order valence-corrected chi connectivity index (χ3v) is 6.66. The fraction of sp³-hybridized carbons (Fsp3) is 0.143. The number of amides is 2. The van der Waals surface area contributed by atoms with Crippen LogP contribution in [0.4, 0.5) is 22.0 Å². The molecular formula is C28H28BrClN6O. The molecule has 37 heavy (non-hydrogen) atoms. The van der Waals surface area contributed by atoms with Gasteiger partial charge in [0.1, 0.15) is 11.6 Å². The van der Waals surface area contributed by atoms with Gasteiger partial charge in [0, 0.05) is 30.0 Å². The molecular weight excluding hydrogens is 552 g/mol. The molecule has 2 amide bonds. The third-order valence-electron chi connectivity index (χ3n) is 5.71. The maximum Gasteiger partial charge on any atom is 0.323 e. The van der Waals surface area contributed by atoms with Crippen LogP contribution in [0.3, 0.4) is 0 Å². The first-order chi connectivity index (χ1) is 17.9. The molecule has 0 saturated heterocycles. The summed E-state index contributed by atoms with van der Waals surface area (Å²) in [5, 5.41) is 17.7. The number of rotatable bonds is 9. The van der Waals surface area contributed by atoms with Crippen LogP contribution >= 0.6 is 27.5 Å². The lowest BCUT2D eigenvalue weighted by molar-refractivity contribution is 0.262. The van der Waals surface area contributed by atoms with Crippen molar-refractivity contribution in [3.8, 4) is 0 Å². The highest BCUT2D eigenvalue weighted by molar-refractivity contribution is 9.10. The lowest BCUT2D eigenvalue weighted by atomic mass is 10.1. The minimum Gasteiger partial charge on any atom is -0.372 e. The standard InChI is InChI=1S/C28H28BrClN6O/c1-19-8-3-6-13-25(19)35-28(37)34-22-11-7-9-20(16-22)17-32-26(36-27(31-2)23(29)18-33-36)15-14-21-10-4-5-12-24(21)30/h3-13,15-16,18,31-32H,14,17H2,1-2H3,(H2,34,35,37)/b26-15-. The van der Waals surface area contributed by atoms with Gasteiger partial charge in [-0.05, 0) is 76.3 Å². The number of hydrogen-bond acceptors (Lipinski definition) is 4. The van der Waals surface area contributed by atoms with Crippen molar-refractivity contribution in [3.05, 3.63) is 111 Å². The molecule has 0 atom stereocenters. The van der Waals surface area contributed by atoms with Gasteiger partial charge in [-0.15, -0.1) is 0 Å². The van der Waals surface area contributed by atoms with Gasteiger partial charge in [-0.25, -0.2) is 9.48 Å². The highest BCUT2D eigenvalue weighted by Gasteiger charge is 2.12. The van der Waals surface area contributed by atoms with E-state index in [9.17, 15) is 4.79 Å². The van der Waals surface area contributed by atoms with Crippen molar-refractivity contribution in [2.24, 2.45) is 0 Å². The van der Waals surface area contributed by atoms with Crippen molar-refractivity contribution < 1.29 is 4.79 Å². The molecule has 3 aromatic carbocycles. The summed E-state index contributed by atoms with van der Waals surface area (Å²) >= 11 is 9.92. The molecule has 1 aromatic heterocycles. The van der Waals surface area contributed by atoms with Gasteiger partial charge in [0.2, 0.25) is 0 Å². The lowest BCUT2D eigenvalue weighted by Gasteiger charge is -2.16. The number of para-hydroxylation sites is 1. The van der Waals surface area contributed by atoms with Gasteiger partial charge in [0.05, 0.1) is 10.7 Å². The predicted molar refractivity (Wildman–Crippen MR) is 156 cm³/mol. The van der Waals surface area contributed by atoms with Crippen molar-refractivity contribution >= 4 is 56.6 Å². The molecule has 9 heteroatoms. The molecule has 0 bridgehead atoms. The van der Waals surface area contributed by atoms with Gasteiger partial charge < -0.3 is 21.3 Å². The van der Waals surface area contributed by atoms with E-state index in [0.717, 1.165) is 43.5 Å². The normalized spacial score (nSPS) is 11.2. The number of allylic oxidation sites excluding steroid dienone is 1. The number of urea groups is 1. The summed E-state index contributed by atoms with van der Waals surface area (Å²) in [7, 11) is 1.85. The van der Waals surface area contributed by atoms with E-state index in [4.69, 9.17) is 11.6 Å². The Morgan fingerprint density at radius 1 is 1.05 bits per heavy atom. The van der Waals surface area contributed by atoms with Gasteiger partial charge in [0.15, 0.2) is 0 Å². The maximum absolute atomic E-state index is 12.5. The molecule has 0 unspecified atom stereocenters. The summed E-state index contributed by atoms with van der Waals surface area (Å²) in [5.74, 6) is 1.62. The Labute approximate surface area is 230 Å². The van der Waals surface area contributed by atoms with E-state index in [0.29, 0.717) is 18.7 Å². The Morgan fingerprint density at radius 2 is 1.84 bits per heavy atom. The van der Waals surface area contributed by atoms with E-state index in [-0.39, 0.29) is 6.03 Å². The topological polar surface area (TPSA) is 83.0 Å². The zero-order valence-corrected chi connectivity index (χ0v) is 22.9. The summed E-state index contributed by atoms with van der Waals surface area (Å²) in [5.41, 5.74) is 4.49. The van der Waals surface area contributed by atoms with Crippen molar-refractivity contribution in [2.75, 3.05) is 23.0 Å². The van der Waals surface area contributed by atoms with Gasteiger partial charge in [-0.3, -0.25) is 0 Å². The maximum atomic E-state index is 12.5. The SMILES string of the molecule is CNc1c(Br)cnn1/C(=C\Cc1ccccc1Cl)NCc1cccc(NC(=O)Nc2ccccc2C)c1. The van der Waals surface area contributed by atoms with E-state index < -0.39 is 0 Å². The Kier molecular flexibility index (Phi) is 8.87. The van der Waals surface area contributed by atoms with Crippen molar-refractivity contribution in [3.63, 3.8) is 0 Å². The van der Waals surface area contributed by atoms with E-state index in [1.54, 1.807) is 10.9 Å². The number of nitrogens with zero attached hydrogens (tertiary/aromatic N) is 2. The van der Waals surface area contributed by atoms with Crippen LogP contribution < -0.4 is 21.3 Å². The highest BCUT2D eigenvalue weighted by Crippen LogP contribution is 2.25. The number of carbonyl (C=O) groups excluding carboxylic acids is 1. The number of halogens is 2. The molecule has 4 aromatic rings. The van der Waals surface area contributed by atoms with Crippen LogP contribution in [0.2, 0.25) is 5.02 Å². The summed E-state index contributed by atoms with van der Waals surface area (Å²) < 4.78 is 2.66. The van der Waals surface area contributed by atoms with Crippen LogP contribution in [-0.4, -0.2) is 22.9 Å². The molecule has 4 N–H and O–H groups in total. The third kappa shape index (κ3) is 6.93. The van der Waals surface area contributed by atoms with Crippen molar-refractivity contribution in [2.45, 2.75) is 19.9 Å². The molecule has 0 fully saturated rings. The largest absolute Gasteiger partial charge is 0.372 e. The number of hydrogen-bond donors (Lipinski definition) is 4. The predicted octanol–water partition coefficient (Wildman–Crippen LogP) is 7.12. The molecule has 0 aliphatic rings. The number of anilines is 3. The first-order valence-corrected chi connectivity index (χ1v) is 12.9. The molecule has 0 aliphatic carbocycles. The molecule has 0 saturated carbocycles. The zero-order valence-electron chi connectivity index (χ0n) is 20.6. The highest BCUT2D eigenvalue weighted by atomic mass is 79.9. The Bertz CT molecular complexity index is 1420. The second-order valence-electron chi connectivity index (χ2n) is 8.34. The average molecular weight is 580 g/mol. The van der Waals surface area contributed by atoms with E-state index in [2.05, 4.69) is 48.4 Å². The van der Waals surface area contributed by atoms with Gasteiger partial charge in [-0.1, -0.05) is 60.1 Å². The second-order valence-corrected chi connectivity index (χ2v) is 9.60. The minimum absolute atomic E-state index is 0.292. The van der Waals surface area contributed by atoms with Crippen LogP contribution in [0.15, 0.2) is 89.5 Å². The molecule has 1 heterocycles. The van der Waals surface area contributed by atoms with Crippen molar-refractivity contribution in [1.82, 2.24) is 15.1 Å². The number of benzene rings is 3. The summed E-state index contributed by atoms with van der Waals surface area (Å²) in [6, 6.07) is 22.9. The first-order valence-electron chi connectivity index (χ1n) is 11.8. The lowest BCUT2D eigenvalue weighted by Crippen LogP contribution is -2.21. The molecule has 190 valence electrons. The van der Waals surface area contributed by atoms with Gasteiger partial charge in [0.25, 0.3) is 0 Å². The fourth-order valence-corrected chi connectivity index (χ4v) is 4.46.